The van der Waals surface area contributed by atoms with Crippen LogP contribution in [0.1, 0.15) is 5.56 Å². The zero-order valence-corrected chi connectivity index (χ0v) is 10.1. The fourth-order valence-corrected chi connectivity index (χ4v) is 1.92. The molecule has 0 saturated carbocycles. The van der Waals surface area contributed by atoms with E-state index in [-0.39, 0.29) is 27.2 Å². The van der Waals surface area contributed by atoms with Crippen molar-refractivity contribution in [2.24, 2.45) is 0 Å². The molecule has 1 rings (SSSR count). The molecule has 0 heterocycles. The predicted molar refractivity (Wildman–Crippen MR) is 58.6 cm³/mol. The Labute approximate surface area is 99.7 Å². The van der Waals surface area contributed by atoms with Crippen molar-refractivity contribution in [3.63, 3.8) is 0 Å². The van der Waals surface area contributed by atoms with E-state index in [0.29, 0.717) is 0 Å². The van der Waals surface area contributed by atoms with Gasteiger partial charge in [0.2, 0.25) is 0 Å². The summed E-state index contributed by atoms with van der Waals surface area (Å²) in [5.41, 5.74) is -0.422. The molecule has 0 atom stereocenters. The molecule has 16 heavy (non-hydrogen) atoms. The number of ether oxygens (including phenoxy) is 2. The summed E-state index contributed by atoms with van der Waals surface area (Å²) in [6, 6.07) is 3.00. The van der Waals surface area contributed by atoms with Crippen LogP contribution in [0, 0.1) is 21.4 Å². The summed E-state index contributed by atoms with van der Waals surface area (Å²) in [5.74, 6) is 0.449. The van der Waals surface area contributed by atoms with Crippen molar-refractivity contribution in [3.05, 3.63) is 26.2 Å². The SMILES string of the molecule is COc1cc(C#N)c([N+](=O)[O-])c(Br)c1OC. The Morgan fingerprint density at radius 2 is 2.12 bits per heavy atom. The molecule has 84 valence electrons. The van der Waals surface area contributed by atoms with E-state index in [1.165, 1.54) is 20.3 Å². The molecule has 0 aliphatic rings. The van der Waals surface area contributed by atoms with Crippen molar-refractivity contribution in [3.8, 4) is 17.6 Å². The van der Waals surface area contributed by atoms with Crippen LogP contribution in [-0.2, 0) is 0 Å². The molecule has 0 radical (unpaired) electrons. The molecular weight excluding hydrogens is 280 g/mol. The molecule has 0 saturated heterocycles. The Morgan fingerprint density at radius 3 is 2.50 bits per heavy atom. The number of methoxy groups -OCH3 is 2. The number of rotatable bonds is 3. The third-order valence-corrected chi connectivity index (χ3v) is 2.62. The van der Waals surface area contributed by atoms with Crippen molar-refractivity contribution in [1.29, 1.82) is 5.26 Å². The lowest BCUT2D eigenvalue weighted by atomic mass is 10.1. The van der Waals surface area contributed by atoms with Crippen molar-refractivity contribution in [1.82, 2.24) is 0 Å². The quantitative estimate of drug-likeness (QED) is 0.628. The minimum Gasteiger partial charge on any atom is -0.493 e. The van der Waals surface area contributed by atoms with Gasteiger partial charge in [-0.3, -0.25) is 10.1 Å². The summed E-state index contributed by atoms with van der Waals surface area (Å²) in [6.07, 6.45) is 0. The van der Waals surface area contributed by atoms with Crippen molar-refractivity contribution in [2.45, 2.75) is 0 Å². The Hall–Kier alpha value is -1.81. The highest BCUT2D eigenvalue weighted by atomic mass is 79.9. The molecule has 0 aliphatic carbocycles. The maximum absolute atomic E-state index is 10.8. The highest BCUT2D eigenvalue weighted by Gasteiger charge is 2.26. The first-order chi connectivity index (χ1) is 7.56. The monoisotopic (exact) mass is 286 g/mol. The number of nitriles is 1. The van der Waals surface area contributed by atoms with E-state index < -0.39 is 4.92 Å². The summed E-state index contributed by atoms with van der Waals surface area (Å²) in [6.45, 7) is 0. The van der Waals surface area contributed by atoms with Gasteiger partial charge in [-0.05, 0) is 15.9 Å². The Kier molecular flexibility index (Phi) is 3.68. The maximum atomic E-state index is 10.8. The first kappa shape index (κ1) is 12.3. The minimum atomic E-state index is -0.648. The standard InChI is InChI=1S/C9H7BrN2O4/c1-15-6-3-5(4-11)8(12(13)14)7(10)9(6)16-2/h3H,1-2H3. The largest absolute Gasteiger partial charge is 0.493 e. The molecule has 0 aliphatic heterocycles. The second-order valence-electron chi connectivity index (χ2n) is 2.69. The van der Waals surface area contributed by atoms with Crippen LogP contribution >= 0.6 is 15.9 Å². The van der Waals surface area contributed by atoms with Gasteiger partial charge in [-0.1, -0.05) is 0 Å². The van der Waals surface area contributed by atoms with Gasteiger partial charge in [0.1, 0.15) is 16.1 Å². The van der Waals surface area contributed by atoms with Crippen LogP contribution in [0.3, 0.4) is 0 Å². The molecule has 0 fully saturated rings. The number of hydrogen-bond acceptors (Lipinski definition) is 5. The number of benzene rings is 1. The van der Waals surface area contributed by atoms with Crippen molar-refractivity contribution >= 4 is 21.6 Å². The molecular formula is C9H7BrN2O4. The van der Waals surface area contributed by atoms with E-state index in [0.717, 1.165) is 0 Å². The van der Waals surface area contributed by atoms with E-state index in [4.69, 9.17) is 14.7 Å². The molecule has 0 spiro atoms. The van der Waals surface area contributed by atoms with Crippen LogP contribution in [0.15, 0.2) is 10.5 Å². The normalized spacial score (nSPS) is 9.38. The first-order valence-electron chi connectivity index (χ1n) is 4.05. The van der Waals surface area contributed by atoms with Crippen LogP contribution in [0.25, 0.3) is 0 Å². The summed E-state index contributed by atoms with van der Waals surface area (Å²) in [5, 5.41) is 19.6. The van der Waals surface area contributed by atoms with Gasteiger partial charge >= 0.3 is 5.69 Å². The molecule has 6 nitrogen and oxygen atoms in total. The highest BCUT2D eigenvalue weighted by Crippen LogP contribution is 2.43. The van der Waals surface area contributed by atoms with Crippen LogP contribution in [0.2, 0.25) is 0 Å². The summed E-state index contributed by atoms with van der Waals surface area (Å²) >= 11 is 3.03. The van der Waals surface area contributed by atoms with Crippen LogP contribution in [0.4, 0.5) is 5.69 Å². The fourth-order valence-electron chi connectivity index (χ4n) is 1.20. The smallest absolute Gasteiger partial charge is 0.305 e. The fraction of sp³-hybridized carbons (Fsp3) is 0.222. The van der Waals surface area contributed by atoms with E-state index >= 15 is 0 Å². The molecule has 1 aromatic carbocycles. The first-order valence-corrected chi connectivity index (χ1v) is 4.85. The van der Waals surface area contributed by atoms with E-state index in [1.54, 1.807) is 6.07 Å². The topological polar surface area (TPSA) is 85.4 Å². The van der Waals surface area contributed by atoms with Gasteiger partial charge in [0.15, 0.2) is 11.5 Å². The lowest BCUT2D eigenvalue weighted by Crippen LogP contribution is -1.99. The molecule has 0 aromatic heterocycles. The summed E-state index contributed by atoms with van der Waals surface area (Å²) < 4.78 is 10.0. The summed E-state index contributed by atoms with van der Waals surface area (Å²) in [4.78, 5) is 10.1. The van der Waals surface area contributed by atoms with Crippen LogP contribution in [-0.4, -0.2) is 19.1 Å². The van der Waals surface area contributed by atoms with Gasteiger partial charge in [0.05, 0.1) is 19.1 Å². The molecule has 0 amide bonds. The third-order valence-electron chi connectivity index (χ3n) is 1.89. The third kappa shape index (κ3) is 1.92. The highest BCUT2D eigenvalue weighted by molar-refractivity contribution is 9.10. The molecule has 0 N–H and O–H groups in total. The van der Waals surface area contributed by atoms with Crippen molar-refractivity contribution in [2.75, 3.05) is 14.2 Å². The second kappa shape index (κ2) is 4.81. The lowest BCUT2D eigenvalue weighted by Gasteiger charge is -2.10. The number of hydrogen-bond donors (Lipinski definition) is 0. The molecule has 0 bridgehead atoms. The zero-order valence-electron chi connectivity index (χ0n) is 8.48. The van der Waals surface area contributed by atoms with Gasteiger partial charge in [-0.25, -0.2) is 0 Å². The number of nitrogens with zero attached hydrogens (tertiary/aromatic N) is 2. The molecule has 0 unspecified atom stereocenters. The molecule has 1 aromatic rings. The van der Waals surface area contributed by atoms with E-state index in [1.807, 2.05) is 0 Å². The average Bonchev–Trinajstić information content (AvgIpc) is 2.26. The number of nitro benzene ring substituents is 1. The zero-order chi connectivity index (χ0) is 12.3. The second-order valence-corrected chi connectivity index (χ2v) is 3.48. The van der Waals surface area contributed by atoms with E-state index in [9.17, 15) is 10.1 Å². The predicted octanol–water partition coefficient (Wildman–Crippen LogP) is 2.25. The summed E-state index contributed by atoms with van der Waals surface area (Å²) in [7, 11) is 2.75. The Bertz CT molecular complexity index is 481. The number of halogens is 1. The van der Waals surface area contributed by atoms with Gasteiger partial charge in [0.25, 0.3) is 0 Å². The number of nitro groups is 1. The van der Waals surface area contributed by atoms with Gasteiger partial charge in [-0.2, -0.15) is 5.26 Å². The minimum absolute atomic E-state index is 0.0884. The van der Waals surface area contributed by atoms with Crippen LogP contribution in [0.5, 0.6) is 11.5 Å². The van der Waals surface area contributed by atoms with Crippen LogP contribution < -0.4 is 9.47 Å². The van der Waals surface area contributed by atoms with Gasteiger partial charge in [0, 0.05) is 6.07 Å². The van der Waals surface area contributed by atoms with Gasteiger partial charge in [-0.15, -0.1) is 0 Å². The lowest BCUT2D eigenvalue weighted by molar-refractivity contribution is -0.386. The maximum Gasteiger partial charge on any atom is 0.305 e. The van der Waals surface area contributed by atoms with Crippen molar-refractivity contribution < 1.29 is 14.4 Å². The van der Waals surface area contributed by atoms with E-state index in [2.05, 4.69) is 15.9 Å². The van der Waals surface area contributed by atoms with Gasteiger partial charge < -0.3 is 9.47 Å². The Balaban J connectivity index is 3.63. The Morgan fingerprint density at radius 1 is 1.50 bits per heavy atom. The molecule has 7 heteroatoms. The average molecular weight is 287 g/mol.